The van der Waals surface area contributed by atoms with Crippen LogP contribution >= 0.6 is 0 Å². The van der Waals surface area contributed by atoms with E-state index in [9.17, 15) is 0 Å². The van der Waals surface area contributed by atoms with E-state index in [0.717, 1.165) is 13.2 Å². The van der Waals surface area contributed by atoms with Gasteiger partial charge in [0.2, 0.25) is 0 Å². The van der Waals surface area contributed by atoms with E-state index in [2.05, 4.69) is 18.9 Å². The van der Waals surface area contributed by atoms with Crippen molar-refractivity contribution >= 4 is 0 Å². The summed E-state index contributed by atoms with van der Waals surface area (Å²) in [4.78, 5) is 2.34. The van der Waals surface area contributed by atoms with Gasteiger partial charge in [-0.25, -0.2) is 0 Å². The topological polar surface area (TPSA) is 12.5 Å². The molecule has 1 atom stereocenters. The van der Waals surface area contributed by atoms with Crippen LogP contribution in [0, 0.1) is 0 Å². The zero-order valence-corrected chi connectivity index (χ0v) is 8.26. The van der Waals surface area contributed by atoms with Crippen LogP contribution in [-0.4, -0.2) is 37.7 Å². The van der Waals surface area contributed by atoms with Crippen LogP contribution in [0.5, 0.6) is 0 Å². The normalized spacial score (nSPS) is 26.7. The SMILES string of the molecule is CC.CC1COCCCN1C. The highest BCUT2D eigenvalue weighted by molar-refractivity contribution is 4.64. The van der Waals surface area contributed by atoms with Crippen LogP contribution in [0.2, 0.25) is 0 Å². The molecule has 1 aliphatic heterocycles. The maximum Gasteiger partial charge on any atom is 0.0619 e. The minimum absolute atomic E-state index is 0.604. The summed E-state index contributed by atoms with van der Waals surface area (Å²) in [6.07, 6.45) is 1.18. The maximum atomic E-state index is 5.34. The summed E-state index contributed by atoms with van der Waals surface area (Å²) in [7, 11) is 2.15. The summed E-state index contributed by atoms with van der Waals surface area (Å²) in [5.74, 6) is 0. The molecule has 68 valence electrons. The Bertz CT molecular complexity index is 75.6. The van der Waals surface area contributed by atoms with Gasteiger partial charge in [0.15, 0.2) is 0 Å². The molecule has 0 radical (unpaired) electrons. The van der Waals surface area contributed by atoms with Crippen LogP contribution in [0.3, 0.4) is 0 Å². The Morgan fingerprint density at radius 2 is 2.00 bits per heavy atom. The standard InChI is InChI=1S/C7H15NO.C2H6/c1-7-6-9-5-3-4-8(7)2;1-2/h7H,3-6H2,1-2H3;1-2H3. The third kappa shape index (κ3) is 4.38. The Balaban J connectivity index is 0.000000461. The van der Waals surface area contributed by atoms with Crippen LogP contribution in [-0.2, 0) is 4.74 Å². The van der Waals surface area contributed by atoms with Gasteiger partial charge in [0.05, 0.1) is 6.61 Å². The number of ether oxygens (including phenoxy) is 1. The smallest absolute Gasteiger partial charge is 0.0619 e. The first-order chi connectivity index (χ1) is 5.30. The third-order valence-electron chi connectivity index (χ3n) is 1.91. The van der Waals surface area contributed by atoms with E-state index in [-0.39, 0.29) is 0 Å². The molecule has 1 aliphatic rings. The number of hydrogen-bond acceptors (Lipinski definition) is 2. The molecule has 0 N–H and O–H groups in total. The number of nitrogens with zero attached hydrogens (tertiary/aromatic N) is 1. The fourth-order valence-electron chi connectivity index (χ4n) is 1.02. The van der Waals surface area contributed by atoms with Crippen LogP contribution in [0.25, 0.3) is 0 Å². The number of hydrogen-bond donors (Lipinski definition) is 0. The van der Waals surface area contributed by atoms with Crippen LogP contribution in [0.1, 0.15) is 27.2 Å². The average Bonchev–Trinajstić information content (AvgIpc) is 2.22. The van der Waals surface area contributed by atoms with Crippen molar-refractivity contribution in [2.75, 3.05) is 26.8 Å². The van der Waals surface area contributed by atoms with E-state index in [1.807, 2.05) is 13.8 Å². The minimum atomic E-state index is 0.604. The largest absolute Gasteiger partial charge is 0.380 e. The van der Waals surface area contributed by atoms with Crippen molar-refractivity contribution in [2.24, 2.45) is 0 Å². The molecular weight excluding hydrogens is 138 g/mol. The summed E-state index contributed by atoms with van der Waals surface area (Å²) in [5.41, 5.74) is 0. The van der Waals surface area contributed by atoms with Crippen molar-refractivity contribution in [1.29, 1.82) is 0 Å². The van der Waals surface area contributed by atoms with Gasteiger partial charge in [-0.15, -0.1) is 0 Å². The molecule has 1 fully saturated rings. The van der Waals surface area contributed by atoms with Gasteiger partial charge in [0, 0.05) is 19.2 Å². The van der Waals surface area contributed by atoms with Gasteiger partial charge < -0.3 is 9.64 Å². The Kier molecular flexibility index (Phi) is 6.57. The first kappa shape index (κ1) is 10.9. The second-order valence-corrected chi connectivity index (χ2v) is 2.76. The van der Waals surface area contributed by atoms with E-state index >= 15 is 0 Å². The van der Waals surface area contributed by atoms with E-state index in [1.54, 1.807) is 0 Å². The summed E-state index contributed by atoms with van der Waals surface area (Å²) < 4.78 is 5.34. The van der Waals surface area contributed by atoms with Gasteiger partial charge in [-0.2, -0.15) is 0 Å². The van der Waals surface area contributed by atoms with Crippen LogP contribution in [0.4, 0.5) is 0 Å². The lowest BCUT2D eigenvalue weighted by atomic mass is 10.3. The Labute approximate surface area is 70.5 Å². The van der Waals surface area contributed by atoms with E-state index < -0.39 is 0 Å². The van der Waals surface area contributed by atoms with E-state index in [0.29, 0.717) is 6.04 Å². The van der Waals surface area contributed by atoms with Gasteiger partial charge in [-0.05, 0) is 20.4 Å². The molecule has 0 aliphatic carbocycles. The molecule has 0 bridgehead atoms. The summed E-state index contributed by atoms with van der Waals surface area (Å²) in [6.45, 7) is 9.22. The molecule has 0 saturated carbocycles. The molecule has 11 heavy (non-hydrogen) atoms. The zero-order valence-electron chi connectivity index (χ0n) is 8.26. The second-order valence-electron chi connectivity index (χ2n) is 2.76. The van der Waals surface area contributed by atoms with Crippen molar-refractivity contribution in [3.05, 3.63) is 0 Å². The lowest BCUT2D eigenvalue weighted by Gasteiger charge is -2.19. The van der Waals surface area contributed by atoms with Crippen molar-refractivity contribution in [1.82, 2.24) is 4.90 Å². The molecule has 0 aromatic heterocycles. The molecule has 0 spiro atoms. The van der Waals surface area contributed by atoms with Gasteiger partial charge in [0.1, 0.15) is 0 Å². The molecule has 1 saturated heterocycles. The molecular formula is C9H21NO. The molecule has 1 rings (SSSR count). The first-order valence-corrected chi connectivity index (χ1v) is 4.58. The fourth-order valence-corrected chi connectivity index (χ4v) is 1.02. The third-order valence-corrected chi connectivity index (χ3v) is 1.91. The Morgan fingerprint density at radius 3 is 2.64 bits per heavy atom. The summed E-state index contributed by atoms with van der Waals surface area (Å²) in [5, 5.41) is 0. The average molecular weight is 159 g/mol. The molecule has 1 heterocycles. The summed E-state index contributed by atoms with van der Waals surface area (Å²) >= 11 is 0. The molecule has 2 nitrogen and oxygen atoms in total. The zero-order chi connectivity index (χ0) is 8.69. The van der Waals surface area contributed by atoms with Crippen molar-refractivity contribution in [2.45, 2.75) is 33.2 Å². The highest BCUT2D eigenvalue weighted by Crippen LogP contribution is 2.02. The lowest BCUT2D eigenvalue weighted by Crippen LogP contribution is -2.30. The highest BCUT2D eigenvalue weighted by Gasteiger charge is 2.11. The van der Waals surface area contributed by atoms with Crippen LogP contribution in [0.15, 0.2) is 0 Å². The second kappa shape index (κ2) is 6.62. The Hall–Kier alpha value is -0.0800. The van der Waals surface area contributed by atoms with Gasteiger partial charge in [0.25, 0.3) is 0 Å². The minimum Gasteiger partial charge on any atom is -0.380 e. The van der Waals surface area contributed by atoms with Crippen molar-refractivity contribution in [3.63, 3.8) is 0 Å². The first-order valence-electron chi connectivity index (χ1n) is 4.58. The lowest BCUT2D eigenvalue weighted by molar-refractivity contribution is 0.116. The maximum absolute atomic E-state index is 5.34. The molecule has 0 aromatic carbocycles. The molecule has 1 unspecified atom stereocenters. The predicted octanol–water partition coefficient (Wildman–Crippen LogP) is 1.75. The number of rotatable bonds is 0. The monoisotopic (exact) mass is 159 g/mol. The molecule has 2 heteroatoms. The van der Waals surface area contributed by atoms with Gasteiger partial charge in [-0.3, -0.25) is 0 Å². The van der Waals surface area contributed by atoms with Crippen molar-refractivity contribution < 1.29 is 4.74 Å². The molecule has 0 aromatic rings. The quantitative estimate of drug-likeness (QED) is 0.534. The van der Waals surface area contributed by atoms with E-state index in [1.165, 1.54) is 13.0 Å². The van der Waals surface area contributed by atoms with Gasteiger partial charge in [-0.1, -0.05) is 13.8 Å². The number of likely N-dealkylation sites (N-methyl/N-ethyl adjacent to an activating group) is 1. The molecule has 0 amide bonds. The van der Waals surface area contributed by atoms with Gasteiger partial charge >= 0.3 is 0 Å². The summed E-state index contributed by atoms with van der Waals surface area (Å²) in [6, 6.07) is 0.604. The van der Waals surface area contributed by atoms with E-state index in [4.69, 9.17) is 4.74 Å². The van der Waals surface area contributed by atoms with Crippen molar-refractivity contribution in [3.8, 4) is 0 Å². The van der Waals surface area contributed by atoms with Crippen LogP contribution < -0.4 is 0 Å². The predicted molar refractivity (Wildman–Crippen MR) is 48.9 cm³/mol. The Morgan fingerprint density at radius 1 is 1.36 bits per heavy atom. The highest BCUT2D eigenvalue weighted by atomic mass is 16.5. The fraction of sp³-hybridized carbons (Fsp3) is 1.00.